The molecule has 1 saturated heterocycles. The average molecular weight is 423 g/mol. The molecule has 1 aromatic heterocycles. The maximum Gasteiger partial charge on any atom is 0.253 e. The monoisotopic (exact) mass is 422 g/mol. The first-order valence-corrected chi connectivity index (χ1v) is 10.8. The molecule has 0 atom stereocenters. The van der Waals surface area contributed by atoms with Crippen LogP contribution < -0.4 is 0 Å². The number of aryl methyl sites for hydroxylation is 1. The highest BCUT2D eigenvalue weighted by molar-refractivity contribution is 6.30. The Morgan fingerprint density at radius 1 is 0.933 bits per heavy atom. The van der Waals surface area contributed by atoms with E-state index in [2.05, 4.69) is 22.1 Å². The summed E-state index contributed by atoms with van der Waals surface area (Å²) < 4.78 is 1.88. The summed E-state index contributed by atoms with van der Waals surface area (Å²) >= 11 is 6.71. The van der Waals surface area contributed by atoms with Gasteiger partial charge in [0.15, 0.2) is 0 Å². The first kappa shape index (κ1) is 20.6. The van der Waals surface area contributed by atoms with Gasteiger partial charge in [0.25, 0.3) is 5.91 Å². The van der Waals surface area contributed by atoms with Crippen molar-refractivity contribution < 1.29 is 4.79 Å². The van der Waals surface area contributed by atoms with E-state index in [0.717, 1.165) is 56.0 Å². The van der Waals surface area contributed by atoms with Gasteiger partial charge in [0.05, 0.1) is 12.2 Å². The topological polar surface area (TPSA) is 41.4 Å². The lowest BCUT2D eigenvalue weighted by Gasteiger charge is -2.22. The lowest BCUT2D eigenvalue weighted by atomic mass is 10.2. The standard InChI is InChI=1S/C24H27ClN4O/c1-19-22(23(25)29(26-19)17-20-9-4-2-5-10-20)18-27-13-8-14-28(16-15-27)24(30)21-11-6-3-7-12-21/h2-7,9-12H,8,13-18H2,1H3. The second-order valence-electron chi connectivity index (χ2n) is 7.79. The van der Waals surface area contributed by atoms with Crippen LogP contribution in [-0.2, 0) is 13.1 Å². The van der Waals surface area contributed by atoms with Crippen molar-refractivity contribution in [2.45, 2.75) is 26.4 Å². The van der Waals surface area contributed by atoms with E-state index in [1.165, 1.54) is 5.56 Å². The van der Waals surface area contributed by atoms with Gasteiger partial charge in [-0.3, -0.25) is 9.69 Å². The Morgan fingerprint density at radius 3 is 2.37 bits per heavy atom. The van der Waals surface area contributed by atoms with E-state index in [4.69, 9.17) is 11.6 Å². The molecule has 1 amide bonds. The first-order valence-electron chi connectivity index (χ1n) is 10.4. The molecular weight excluding hydrogens is 396 g/mol. The largest absolute Gasteiger partial charge is 0.337 e. The smallest absolute Gasteiger partial charge is 0.253 e. The summed E-state index contributed by atoms with van der Waals surface area (Å²) in [6, 6.07) is 19.8. The number of carbonyl (C=O) groups is 1. The number of halogens is 1. The summed E-state index contributed by atoms with van der Waals surface area (Å²) in [5, 5.41) is 5.38. The highest BCUT2D eigenvalue weighted by Crippen LogP contribution is 2.23. The summed E-state index contributed by atoms with van der Waals surface area (Å²) in [6.45, 7) is 6.72. The summed E-state index contributed by atoms with van der Waals surface area (Å²) in [5.41, 5.74) is 3.98. The highest BCUT2D eigenvalue weighted by atomic mass is 35.5. The third-order valence-electron chi connectivity index (χ3n) is 5.64. The fraction of sp³-hybridized carbons (Fsp3) is 0.333. The number of hydrogen-bond donors (Lipinski definition) is 0. The van der Waals surface area contributed by atoms with Crippen molar-refractivity contribution in [3.05, 3.63) is 88.2 Å². The number of aromatic nitrogens is 2. The molecule has 0 saturated carbocycles. The van der Waals surface area contributed by atoms with Gasteiger partial charge in [-0.25, -0.2) is 4.68 Å². The molecule has 1 aliphatic rings. The van der Waals surface area contributed by atoms with E-state index in [0.29, 0.717) is 11.7 Å². The molecule has 3 aromatic rings. The van der Waals surface area contributed by atoms with E-state index in [-0.39, 0.29) is 5.91 Å². The Labute approximate surface area is 182 Å². The van der Waals surface area contributed by atoms with Crippen molar-refractivity contribution >= 4 is 17.5 Å². The van der Waals surface area contributed by atoms with Crippen LogP contribution in [-0.4, -0.2) is 51.7 Å². The highest BCUT2D eigenvalue weighted by Gasteiger charge is 2.22. The predicted molar refractivity (Wildman–Crippen MR) is 120 cm³/mol. The van der Waals surface area contributed by atoms with Gasteiger partial charge < -0.3 is 4.90 Å². The van der Waals surface area contributed by atoms with Crippen LogP contribution >= 0.6 is 11.6 Å². The lowest BCUT2D eigenvalue weighted by molar-refractivity contribution is 0.0761. The molecule has 0 aliphatic carbocycles. The molecule has 4 rings (SSSR count). The van der Waals surface area contributed by atoms with Crippen molar-refractivity contribution in [3.8, 4) is 0 Å². The van der Waals surface area contributed by atoms with E-state index >= 15 is 0 Å². The Kier molecular flexibility index (Phi) is 6.50. The first-order chi connectivity index (χ1) is 14.6. The zero-order valence-electron chi connectivity index (χ0n) is 17.3. The Balaban J connectivity index is 1.41. The molecule has 0 radical (unpaired) electrons. The normalized spacial score (nSPS) is 15.2. The second kappa shape index (κ2) is 9.45. The van der Waals surface area contributed by atoms with E-state index in [1.54, 1.807) is 0 Å². The van der Waals surface area contributed by atoms with Crippen LogP contribution in [0, 0.1) is 6.92 Å². The molecule has 30 heavy (non-hydrogen) atoms. The second-order valence-corrected chi connectivity index (χ2v) is 8.14. The molecule has 0 N–H and O–H groups in total. The predicted octanol–water partition coefficient (Wildman–Crippen LogP) is 4.24. The SMILES string of the molecule is Cc1nn(Cc2ccccc2)c(Cl)c1CN1CCCN(C(=O)c2ccccc2)CC1. The van der Waals surface area contributed by atoms with Gasteiger partial charge in [-0.05, 0) is 31.0 Å². The van der Waals surface area contributed by atoms with Gasteiger partial charge in [-0.2, -0.15) is 5.10 Å². The third-order valence-corrected chi connectivity index (χ3v) is 6.06. The summed E-state index contributed by atoms with van der Waals surface area (Å²) in [5.74, 6) is 0.113. The summed E-state index contributed by atoms with van der Waals surface area (Å²) in [6.07, 6.45) is 0.952. The van der Waals surface area contributed by atoms with E-state index in [1.807, 2.05) is 65.0 Å². The summed E-state index contributed by atoms with van der Waals surface area (Å²) in [4.78, 5) is 17.1. The minimum atomic E-state index is 0.113. The fourth-order valence-corrected chi connectivity index (χ4v) is 4.24. The number of benzene rings is 2. The van der Waals surface area contributed by atoms with Crippen molar-refractivity contribution in [1.29, 1.82) is 0 Å². The van der Waals surface area contributed by atoms with Crippen molar-refractivity contribution in [1.82, 2.24) is 19.6 Å². The van der Waals surface area contributed by atoms with Gasteiger partial charge in [-0.15, -0.1) is 0 Å². The minimum absolute atomic E-state index is 0.113. The number of hydrogen-bond acceptors (Lipinski definition) is 3. The van der Waals surface area contributed by atoms with Crippen molar-refractivity contribution in [2.24, 2.45) is 0 Å². The van der Waals surface area contributed by atoms with Crippen LogP contribution in [0.5, 0.6) is 0 Å². The summed E-state index contributed by atoms with van der Waals surface area (Å²) in [7, 11) is 0. The Morgan fingerprint density at radius 2 is 1.63 bits per heavy atom. The Hall–Kier alpha value is -2.63. The van der Waals surface area contributed by atoms with Gasteiger partial charge in [0.2, 0.25) is 0 Å². The van der Waals surface area contributed by atoms with Crippen LogP contribution in [0.25, 0.3) is 0 Å². The van der Waals surface area contributed by atoms with Crippen LogP contribution in [0.3, 0.4) is 0 Å². The van der Waals surface area contributed by atoms with Gasteiger partial charge >= 0.3 is 0 Å². The number of rotatable bonds is 5. The number of amides is 1. The lowest BCUT2D eigenvalue weighted by Crippen LogP contribution is -2.35. The molecule has 1 fully saturated rings. The minimum Gasteiger partial charge on any atom is -0.337 e. The quantitative estimate of drug-likeness (QED) is 0.617. The molecule has 0 bridgehead atoms. The molecule has 1 aliphatic heterocycles. The van der Waals surface area contributed by atoms with Gasteiger partial charge in [0.1, 0.15) is 5.15 Å². The average Bonchev–Trinajstić information content (AvgIpc) is 2.93. The fourth-order valence-electron chi connectivity index (χ4n) is 3.95. The number of nitrogens with zero attached hydrogens (tertiary/aromatic N) is 4. The van der Waals surface area contributed by atoms with E-state index in [9.17, 15) is 4.79 Å². The van der Waals surface area contributed by atoms with Crippen molar-refractivity contribution in [3.63, 3.8) is 0 Å². The van der Waals surface area contributed by atoms with Gasteiger partial charge in [-0.1, -0.05) is 60.1 Å². The van der Waals surface area contributed by atoms with Crippen molar-refractivity contribution in [2.75, 3.05) is 26.2 Å². The molecule has 0 spiro atoms. The van der Waals surface area contributed by atoms with Crippen LogP contribution in [0.15, 0.2) is 60.7 Å². The molecular formula is C24H27ClN4O. The molecule has 156 valence electrons. The zero-order valence-corrected chi connectivity index (χ0v) is 18.1. The number of carbonyl (C=O) groups excluding carboxylic acids is 1. The maximum atomic E-state index is 12.8. The molecule has 0 unspecified atom stereocenters. The van der Waals surface area contributed by atoms with Crippen LogP contribution in [0.4, 0.5) is 0 Å². The Bertz CT molecular complexity index is 987. The van der Waals surface area contributed by atoms with Crippen LogP contribution in [0.1, 0.15) is 33.6 Å². The van der Waals surface area contributed by atoms with Crippen LogP contribution in [0.2, 0.25) is 5.15 Å². The zero-order chi connectivity index (χ0) is 20.9. The van der Waals surface area contributed by atoms with E-state index < -0.39 is 0 Å². The molecule has 2 heterocycles. The molecule has 6 heteroatoms. The molecule has 5 nitrogen and oxygen atoms in total. The molecule has 2 aromatic carbocycles. The van der Waals surface area contributed by atoms with Gasteiger partial charge in [0, 0.05) is 43.9 Å². The maximum absolute atomic E-state index is 12.8. The third kappa shape index (κ3) is 4.74.